The zero-order valence-electron chi connectivity index (χ0n) is 8.82. The second-order valence-corrected chi connectivity index (χ2v) is 5.05. The lowest BCUT2D eigenvalue weighted by atomic mass is 10.1. The molecular formula is C10H19NO2S. The van der Waals surface area contributed by atoms with Crippen molar-refractivity contribution < 1.29 is 9.90 Å². The summed E-state index contributed by atoms with van der Waals surface area (Å²) < 4.78 is 0. The number of thioether (sulfide) groups is 1. The predicted molar refractivity (Wildman–Crippen MR) is 59.8 cm³/mol. The molecule has 3 unspecified atom stereocenters. The fourth-order valence-electron chi connectivity index (χ4n) is 2.09. The number of carboxylic acids is 1. The molecule has 1 aliphatic carbocycles. The van der Waals surface area contributed by atoms with Gasteiger partial charge in [-0.25, -0.2) is 0 Å². The molecule has 1 rings (SSSR count). The Hall–Kier alpha value is -0.220. The van der Waals surface area contributed by atoms with E-state index < -0.39 is 5.97 Å². The lowest BCUT2D eigenvalue weighted by molar-refractivity contribution is -0.137. The van der Waals surface area contributed by atoms with E-state index >= 15 is 0 Å². The first-order chi connectivity index (χ1) is 6.63. The van der Waals surface area contributed by atoms with Crippen LogP contribution in [0.4, 0.5) is 0 Å². The quantitative estimate of drug-likeness (QED) is 0.736. The summed E-state index contributed by atoms with van der Waals surface area (Å²) in [5.74, 6) is -0.719. The summed E-state index contributed by atoms with van der Waals surface area (Å²) in [5.41, 5.74) is 0. The molecule has 0 aromatic heterocycles. The van der Waals surface area contributed by atoms with Crippen molar-refractivity contribution in [3.8, 4) is 0 Å². The highest BCUT2D eigenvalue weighted by molar-refractivity contribution is 7.99. The number of hydrogen-bond donors (Lipinski definition) is 2. The molecule has 0 aromatic rings. The van der Waals surface area contributed by atoms with Gasteiger partial charge in [-0.15, -0.1) is 0 Å². The zero-order valence-corrected chi connectivity index (χ0v) is 9.64. The smallest absolute Gasteiger partial charge is 0.304 e. The van der Waals surface area contributed by atoms with Crippen molar-refractivity contribution in [2.45, 2.75) is 49.9 Å². The van der Waals surface area contributed by atoms with Crippen molar-refractivity contribution in [1.82, 2.24) is 5.32 Å². The molecule has 0 heterocycles. The van der Waals surface area contributed by atoms with Crippen LogP contribution in [-0.4, -0.2) is 34.7 Å². The molecule has 0 radical (unpaired) electrons. The summed E-state index contributed by atoms with van der Waals surface area (Å²) in [6.45, 7) is 1.95. The van der Waals surface area contributed by atoms with Gasteiger partial charge in [-0.1, -0.05) is 6.42 Å². The third kappa shape index (κ3) is 3.50. The lowest BCUT2D eigenvalue weighted by Gasteiger charge is -2.22. The Balaban J connectivity index is 2.31. The molecule has 1 fully saturated rings. The highest BCUT2D eigenvalue weighted by Crippen LogP contribution is 2.28. The SMILES string of the molecule is CSC1CCCC1NC(C)CC(=O)O. The van der Waals surface area contributed by atoms with Crippen molar-refractivity contribution >= 4 is 17.7 Å². The summed E-state index contributed by atoms with van der Waals surface area (Å²) in [6.07, 6.45) is 6.07. The van der Waals surface area contributed by atoms with Crippen molar-refractivity contribution in [2.24, 2.45) is 0 Å². The first-order valence-corrected chi connectivity index (χ1v) is 6.43. The van der Waals surface area contributed by atoms with E-state index in [4.69, 9.17) is 5.11 Å². The van der Waals surface area contributed by atoms with Gasteiger partial charge in [0.2, 0.25) is 0 Å². The van der Waals surface area contributed by atoms with E-state index in [-0.39, 0.29) is 12.5 Å². The number of hydrogen-bond acceptors (Lipinski definition) is 3. The molecule has 4 heteroatoms. The number of carboxylic acid groups (broad SMARTS) is 1. The summed E-state index contributed by atoms with van der Waals surface area (Å²) in [7, 11) is 0. The van der Waals surface area contributed by atoms with Crippen LogP contribution in [0.15, 0.2) is 0 Å². The van der Waals surface area contributed by atoms with Crippen LogP contribution >= 0.6 is 11.8 Å². The molecule has 0 bridgehead atoms. The van der Waals surface area contributed by atoms with Crippen LogP contribution in [0.1, 0.15) is 32.6 Å². The normalized spacial score (nSPS) is 29.0. The van der Waals surface area contributed by atoms with Crippen LogP contribution in [0, 0.1) is 0 Å². The summed E-state index contributed by atoms with van der Waals surface area (Å²) >= 11 is 1.89. The highest BCUT2D eigenvalue weighted by atomic mass is 32.2. The Bertz CT molecular complexity index is 199. The van der Waals surface area contributed by atoms with Crippen LogP contribution in [-0.2, 0) is 4.79 Å². The number of aliphatic carboxylic acids is 1. The molecular weight excluding hydrogens is 198 g/mol. The third-order valence-corrected chi connectivity index (χ3v) is 3.90. The van der Waals surface area contributed by atoms with E-state index in [0.29, 0.717) is 11.3 Å². The first-order valence-electron chi connectivity index (χ1n) is 5.14. The number of carbonyl (C=O) groups is 1. The second kappa shape index (κ2) is 5.61. The molecule has 0 aliphatic heterocycles. The first kappa shape index (κ1) is 11.9. The van der Waals surface area contributed by atoms with Crippen molar-refractivity contribution in [3.05, 3.63) is 0 Å². The fourth-order valence-corrected chi connectivity index (χ4v) is 3.03. The Labute approximate surface area is 89.6 Å². The third-order valence-electron chi connectivity index (χ3n) is 2.73. The molecule has 14 heavy (non-hydrogen) atoms. The monoisotopic (exact) mass is 217 g/mol. The molecule has 82 valence electrons. The lowest BCUT2D eigenvalue weighted by Crippen LogP contribution is -2.41. The van der Waals surface area contributed by atoms with E-state index in [9.17, 15) is 4.79 Å². The highest BCUT2D eigenvalue weighted by Gasteiger charge is 2.27. The molecule has 0 amide bonds. The van der Waals surface area contributed by atoms with Crippen molar-refractivity contribution in [2.75, 3.05) is 6.26 Å². The Morgan fingerprint density at radius 2 is 2.36 bits per heavy atom. The summed E-state index contributed by atoms with van der Waals surface area (Å²) in [5, 5.41) is 12.7. The van der Waals surface area contributed by atoms with Crippen LogP contribution in [0.25, 0.3) is 0 Å². The zero-order chi connectivity index (χ0) is 10.6. The Morgan fingerprint density at radius 1 is 1.64 bits per heavy atom. The largest absolute Gasteiger partial charge is 0.481 e. The maximum Gasteiger partial charge on any atom is 0.304 e. The van der Waals surface area contributed by atoms with Gasteiger partial charge >= 0.3 is 5.97 Å². The van der Waals surface area contributed by atoms with Gasteiger partial charge in [0.05, 0.1) is 6.42 Å². The van der Waals surface area contributed by atoms with Gasteiger partial charge in [-0.3, -0.25) is 4.79 Å². The van der Waals surface area contributed by atoms with Gasteiger partial charge in [0, 0.05) is 17.3 Å². The van der Waals surface area contributed by atoms with Gasteiger partial charge in [0.15, 0.2) is 0 Å². The topological polar surface area (TPSA) is 49.3 Å². The number of nitrogens with one attached hydrogen (secondary N) is 1. The van der Waals surface area contributed by atoms with E-state index in [2.05, 4.69) is 11.6 Å². The van der Waals surface area contributed by atoms with Gasteiger partial charge < -0.3 is 10.4 Å². The molecule has 0 aromatic carbocycles. The second-order valence-electron chi connectivity index (χ2n) is 3.98. The van der Waals surface area contributed by atoms with E-state index in [1.54, 1.807) is 0 Å². The molecule has 1 saturated carbocycles. The molecule has 3 atom stereocenters. The Kier molecular flexibility index (Phi) is 4.75. The molecule has 0 spiro atoms. The van der Waals surface area contributed by atoms with E-state index in [1.165, 1.54) is 19.3 Å². The van der Waals surface area contributed by atoms with Crippen LogP contribution in [0.5, 0.6) is 0 Å². The average Bonchev–Trinajstić information content (AvgIpc) is 2.50. The van der Waals surface area contributed by atoms with Gasteiger partial charge in [-0.2, -0.15) is 11.8 Å². The van der Waals surface area contributed by atoms with Gasteiger partial charge in [0.1, 0.15) is 0 Å². The van der Waals surface area contributed by atoms with Crippen molar-refractivity contribution in [1.29, 1.82) is 0 Å². The Morgan fingerprint density at radius 3 is 2.93 bits per heavy atom. The van der Waals surface area contributed by atoms with E-state index in [1.807, 2.05) is 18.7 Å². The molecule has 2 N–H and O–H groups in total. The van der Waals surface area contributed by atoms with Crippen LogP contribution in [0.3, 0.4) is 0 Å². The average molecular weight is 217 g/mol. The van der Waals surface area contributed by atoms with Gasteiger partial charge in [-0.05, 0) is 26.0 Å². The van der Waals surface area contributed by atoms with Gasteiger partial charge in [0.25, 0.3) is 0 Å². The minimum Gasteiger partial charge on any atom is -0.481 e. The fraction of sp³-hybridized carbons (Fsp3) is 0.900. The summed E-state index contributed by atoms with van der Waals surface area (Å²) in [4.78, 5) is 10.5. The van der Waals surface area contributed by atoms with Crippen LogP contribution < -0.4 is 5.32 Å². The maximum atomic E-state index is 10.5. The standard InChI is InChI=1S/C10H19NO2S/c1-7(6-10(12)13)11-8-4-3-5-9(8)14-2/h7-9,11H,3-6H2,1-2H3,(H,12,13). The molecule has 1 aliphatic rings. The number of rotatable bonds is 5. The van der Waals surface area contributed by atoms with Crippen LogP contribution in [0.2, 0.25) is 0 Å². The predicted octanol–water partition coefficient (Wildman–Crippen LogP) is 1.72. The minimum absolute atomic E-state index is 0.0882. The van der Waals surface area contributed by atoms with E-state index in [0.717, 1.165) is 0 Å². The minimum atomic E-state index is -0.719. The maximum absolute atomic E-state index is 10.5. The van der Waals surface area contributed by atoms with Crippen molar-refractivity contribution in [3.63, 3.8) is 0 Å². The molecule has 0 saturated heterocycles. The molecule has 3 nitrogen and oxygen atoms in total. The summed E-state index contributed by atoms with van der Waals surface area (Å²) in [6, 6.07) is 0.601.